The molecule has 0 bridgehead atoms. The summed E-state index contributed by atoms with van der Waals surface area (Å²) in [5, 5.41) is 9.16. The molecule has 0 aromatic carbocycles. The van der Waals surface area contributed by atoms with Crippen molar-refractivity contribution in [3.05, 3.63) is 0 Å². The van der Waals surface area contributed by atoms with Crippen molar-refractivity contribution in [2.24, 2.45) is 5.73 Å². The summed E-state index contributed by atoms with van der Waals surface area (Å²) in [7, 11) is 0. The quantitative estimate of drug-likeness (QED) is 0.737. The zero-order valence-electron chi connectivity index (χ0n) is 9.90. The number of aliphatic carboxylic acids is 1. The number of hydrogen-bond acceptors (Lipinski definition) is 3. The van der Waals surface area contributed by atoms with Gasteiger partial charge in [0.1, 0.15) is 5.54 Å². The normalized spacial score (nSPS) is 26.8. The summed E-state index contributed by atoms with van der Waals surface area (Å²) in [5.41, 5.74) is 4.67. The van der Waals surface area contributed by atoms with E-state index in [-0.39, 0.29) is 18.4 Å². The summed E-state index contributed by atoms with van der Waals surface area (Å²) < 4.78 is 0. The molecule has 1 saturated heterocycles. The van der Waals surface area contributed by atoms with Crippen LogP contribution in [0.1, 0.15) is 39.5 Å². The van der Waals surface area contributed by atoms with E-state index in [1.807, 2.05) is 6.92 Å². The number of carboxylic acid groups (broad SMARTS) is 1. The topological polar surface area (TPSA) is 83.6 Å². The molecule has 0 aromatic rings. The third-order valence-electron chi connectivity index (χ3n) is 3.36. The minimum Gasteiger partial charge on any atom is -0.480 e. The van der Waals surface area contributed by atoms with Gasteiger partial charge in [0.2, 0.25) is 5.91 Å². The first kappa shape index (κ1) is 13.0. The van der Waals surface area contributed by atoms with Crippen LogP contribution in [-0.4, -0.2) is 40.0 Å². The number of nitrogens with zero attached hydrogens (tertiary/aromatic N) is 1. The Morgan fingerprint density at radius 3 is 2.69 bits per heavy atom. The summed E-state index contributed by atoms with van der Waals surface area (Å²) >= 11 is 0. The number of carboxylic acids is 1. The first-order valence-electron chi connectivity index (χ1n) is 5.71. The Bertz CT molecular complexity index is 293. The van der Waals surface area contributed by atoms with Gasteiger partial charge < -0.3 is 15.7 Å². The highest BCUT2D eigenvalue weighted by Gasteiger charge is 2.45. The molecule has 16 heavy (non-hydrogen) atoms. The van der Waals surface area contributed by atoms with Crippen molar-refractivity contribution < 1.29 is 14.7 Å². The summed E-state index contributed by atoms with van der Waals surface area (Å²) in [5.74, 6) is -1.07. The van der Waals surface area contributed by atoms with Gasteiger partial charge in [-0.15, -0.1) is 0 Å². The smallest absolute Gasteiger partial charge is 0.329 e. The molecule has 2 atom stereocenters. The monoisotopic (exact) mass is 228 g/mol. The zero-order chi connectivity index (χ0) is 12.3. The van der Waals surface area contributed by atoms with Crippen LogP contribution in [0, 0.1) is 0 Å². The molecular weight excluding hydrogens is 208 g/mol. The van der Waals surface area contributed by atoms with E-state index in [2.05, 4.69) is 0 Å². The van der Waals surface area contributed by atoms with Gasteiger partial charge in [0.25, 0.3) is 0 Å². The Labute approximate surface area is 95.6 Å². The van der Waals surface area contributed by atoms with Crippen molar-refractivity contribution in [3.63, 3.8) is 0 Å². The van der Waals surface area contributed by atoms with Gasteiger partial charge in [-0.05, 0) is 26.2 Å². The van der Waals surface area contributed by atoms with Gasteiger partial charge in [-0.3, -0.25) is 4.79 Å². The lowest BCUT2D eigenvalue weighted by atomic mass is 9.98. The van der Waals surface area contributed by atoms with E-state index >= 15 is 0 Å². The largest absolute Gasteiger partial charge is 0.480 e. The van der Waals surface area contributed by atoms with Gasteiger partial charge in [0.05, 0.1) is 0 Å². The van der Waals surface area contributed by atoms with Crippen molar-refractivity contribution in [3.8, 4) is 0 Å². The second kappa shape index (κ2) is 4.82. The molecule has 5 nitrogen and oxygen atoms in total. The minimum absolute atomic E-state index is 0.142. The Balaban J connectivity index is 2.72. The van der Waals surface area contributed by atoms with Crippen LogP contribution >= 0.6 is 0 Å². The molecule has 1 aliphatic heterocycles. The van der Waals surface area contributed by atoms with Gasteiger partial charge in [-0.1, -0.05) is 6.92 Å². The van der Waals surface area contributed by atoms with Gasteiger partial charge >= 0.3 is 5.97 Å². The Kier molecular flexibility index (Phi) is 3.91. The first-order valence-corrected chi connectivity index (χ1v) is 5.71. The lowest BCUT2D eigenvalue weighted by molar-refractivity contribution is -0.155. The molecule has 0 spiro atoms. The van der Waals surface area contributed by atoms with Gasteiger partial charge in [0, 0.05) is 19.0 Å². The molecule has 0 aliphatic carbocycles. The number of likely N-dealkylation sites (tertiary alicyclic amines) is 1. The van der Waals surface area contributed by atoms with Crippen LogP contribution < -0.4 is 5.73 Å². The van der Waals surface area contributed by atoms with E-state index in [1.54, 1.807) is 6.92 Å². The highest BCUT2D eigenvalue weighted by Crippen LogP contribution is 2.29. The molecule has 1 rings (SSSR count). The molecule has 2 unspecified atom stereocenters. The highest BCUT2D eigenvalue weighted by molar-refractivity contribution is 5.87. The zero-order valence-corrected chi connectivity index (χ0v) is 9.90. The second-order valence-electron chi connectivity index (χ2n) is 4.60. The van der Waals surface area contributed by atoms with E-state index in [9.17, 15) is 9.59 Å². The molecule has 1 fully saturated rings. The fraction of sp³-hybridized carbons (Fsp3) is 0.818. The number of amides is 1. The van der Waals surface area contributed by atoms with Crippen LogP contribution in [0.15, 0.2) is 0 Å². The van der Waals surface area contributed by atoms with Crippen LogP contribution in [0.25, 0.3) is 0 Å². The van der Waals surface area contributed by atoms with Crippen molar-refractivity contribution in [1.82, 2.24) is 4.90 Å². The van der Waals surface area contributed by atoms with E-state index in [4.69, 9.17) is 10.8 Å². The van der Waals surface area contributed by atoms with Crippen LogP contribution in [-0.2, 0) is 9.59 Å². The SMILES string of the molecule is CCC(N)CC(=O)N1CCCC1(C)C(=O)O. The van der Waals surface area contributed by atoms with Gasteiger partial charge in [-0.25, -0.2) is 4.79 Å². The van der Waals surface area contributed by atoms with Gasteiger partial charge in [0.15, 0.2) is 0 Å². The van der Waals surface area contributed by atoms with Crippen LogP contribution in [0.3, 0.4) is 0 Å². The standard InChI is InChI=1S/C11H20N2O3/c1-3-8(12)7-9(14)13-6-4-5-11(13,2)10(15)16/h8H,3-7,12H2,1-2H3,(H,15,16). The second-order valence-corrected chi connectivity index (χ2v) is 4.60. The molecule has 1 heterocycles. The number of carbonyl (C=O) groups is 2. The van der Waals surface area contributed by atoms with Gasteiger partial charge in [-0.2, -0.15) is 0 Å². The molecular formula is C11H20N2O3. The summed E-state index contributed by atoms with van der Waals surface area (Å²) in [4.78, 5) is 24.5. The third-order valence-corrected chi connectivity index (χ3v) is 3.36. The Morgan fingerprint density at radius 1 is 1.56 bits per heavy atom. The molecule has 1 amide bonds. The number of carbonyl (C=O) groups excluding carboxylic acids is 1. The van der Waals surface area contributed by atoms with Crippen molar-refractivity contribution >= 4 is 11.9 Å². The van der Waals surface area contributed by atoms with E-state index in [0.717, 1.165) is 12.8 Å². The van der Waals surface area contributed by atoms with E-state index in [0.29, 0.717) is 13.0 Å². The van der Waals surface area contributed by atoms with E-state index < -0.39 is 11.5 Å². The maximum absolute atomic E-state index is 11.9. The van der Waals surface area contributed by atoms with Crippen LogP contribution in [0.2, 0.25) is 0 Å². The maximum Gasteiger partial charge on any atom is 0.329 e. The lowest BCUT2D eigenvalue weighted by Crippen LogP contribution is -2.51. The predicted molar refractivity (Wildman–Crippen MR) is 59.9 cm³/mol. The predicted octanol–water partition coefficient (Wildman–Crippen LogP) is 0.579. The molecule has 5 heteroatoms. The number of hydrogen-bond donors (Lipinski definition) is 2. The van der Waals surface area contributed by atoms with Crippen molar-refractivity contribution in [2.45, 2.75) is 51.1 Å². The minimum atomic E-state index is -1.04. The summed E-state index contributed by atoms with van der Waals surface area (Å²) in [6.45, 7) is 4.05. The summed E-state index contributed by atoms with van der Waals surface area (Å²) in [6, 6.07) is -0.175. The highest BCUT2D eigenvalue weighted by atomic mass is 16.4. The first-order chi connectivity index (χ1) is 7.41. The molecule has 3 N–H and O–H groups in total. The lowest BCUT2D eigenvalue weighted by Gasteiger charge is -2.31. The fourth-order valence-corrected chi connectivity index (χ4v) is 2.06. The number of rotatable bonds is 4. The summed E-state index contributed by atoms with van der Waals surface area (Å²) in [6.07, 6.45) is 2.23. The molecule has 0 aromatic heterocycles. The molecule has 1 aliphatic rings. The average molecular weight is 228 g/mol. The maximum atomic E-state index is 11.9. The third kappa shape index (κ3) is 2.35. The molecule has 92 valence electrons. The van der Waals surface area contributed by atoms with Crippen LogP contribution in [0.5, 0.6) is 0 Å². The molecule has 0 radical (unpaired) electrons. The fourth-order valence-electron chi connectivity index (χ4n) is 2.06. The van der Waals surface area contributed by atoms with E-state index in [1.165, 1.54) is 4.90 Å². The van der Waals surface area contributed by atoms with Crippen molar-refractivity contribution in [1.29, 1.82) is 0 Å². The van der Waals surface area contributed by atoms with Crippen LogP contribution in [0.4, 0.5) is 0 Å². The Morgan fingerprint density at radius 2 is 2.19 bits per heavy atom. The average Bonchev–Trinajstić information content (AvgIpc) is 2.61. The Hall–Kier alpha value is -1.10. The molecule has 0 saturated carbocycles. The number of nitrogens with two attached hydrogens (primary N) is 1. The van der Waals surface area contributed by atoms with Crippen molar-refractivity contribution in [2.75, 3.05) is 6.54 Å².